The number of rotatable bonds is 1. The monoisotopic (exact) mass is 172 g/mol. The molecule has 0 aliphatic rings. The molecule has 0 spiro atoms. The van der Waals surface area contributed by atoms with Crippen LogP contribution >= 0.6 is 0 Å². The van der Waals surface area contributed by atoms with Gasteiger partial charge in [0, 0.05) is 6.20 Å². The molecular formula is C5H4N2O3S. The minimum absolute atomic E-state index is 0.161. The van der Waals surface area contributed by atoms with Crippen LogP contribution in [0.4, 0.5) is 0 Å². The minimum Gasteiger partial charge on any atom is -0.357 e. The van der Waals surface area contributed by atoms with Crippen molar-refractivity contribution in [2.75, 3.05) is 0 Å². The number of H-pyrrole nitrogens is 1. The molecule has 1 heterocycles. The Bertz CT molecular complexity index is 368. The summed E-state index contributed by atoms with van der Waals surface area (Å²) in [6, 6.07) is 3.02. The summed E-state index contributed by atoms with van der Waals surface area (Å²) < 4.78 is 22.6. The lowest BCUT2D eigenvalue weighted by atomic mass is 10.4. The van der Waals surface area contributed by atoms with Crippen molar-refractivity contribution in [1.29, 1.82) is 0 Å². The quantitative estimate of drug-likeness (QED) is 0.657. The maximum Gasteiger partial charge on any atom is 0.319 e. The number of nitrogens with zero attached hydrogens (tertiary/aromatic N) is 1. The second kappa shape index (κ2) is 3.11. The van der Waals surface area contributed by atoms with Crippen molar-refractivity contribution < 1.29 is 13.2 Å². The van der Waals surface area contributed by atoms with E-state index in [0.717, 1.165) is 0 Å². The lowest BCUT2D eigenvalue weighted by Gasteiger charge is -1.81. The molecule has 58 valence electrons. The SMILES string of the molecule is O=C(N=S(=O)=O)c1ccc[nH]1. The van der Waals surface area contributed by atoms with Gasteiger partial charge in [-0.15, -0.1) is 0 Å². The van der Waals surface area contributed by atoms with Crippen LogP contribution in [0.25, 0.3) is 0 Å². The molecule has 0 atom stereocenters. The van der Waals surface area contributed by atoms with Crippen LogP contribution in [-0.4, -0.2) is 19.3 Å². The number of aromatic nitrogens is 1. The summed E-state index contributed by atoms with van der Waals surface area (Å²) in [4.78, 5) is 13.3. The topological polar surface area (TPSA) is 79.4 Å². The fourth-order valence-corrected chi connectivity index (χ4v) is 0.814. The van der Waals surface area contributed by atoms with E-state index in [4.69, 9.17) is 0 Å². The van der Waals surface area contributed by atoms with Gasteiger partial charge in [0.15, 0.2) is 0 Å². The van der Waals surface area contributed by atoms with Gasteiger partial charge in [0.25, 0.3) is 0 Å². The van der Waals surface area contributed by atoms with E-state index in [9.17, 15) is 13.2 Å². The highest BCUT2D eigenvalue weighted by atomic mass is 32.2. The number of nitrogens with one attached hydrogen (secondary N) is 1. The number of hydrogen-bond acceptors (Lipinski definition) is 3. The highest BCUT2D eigenvalue weighted by Gasteiger charge is 2.02. The molecule has 1 amide bonds. The third kappa shape index (κ3) is 2.01. The van der Waals surface area contributed by atoms with Gasteiger partial charge in [-0.05, 0) is 12.1 Å². The lowest BCUT2D eigenvalue weighted by molar-refractivity contribution is 0.100. The zero-order chi connectivity index (χ0) is 8.27. The van der Waals surface area contributed by atoms with Crippen LogP contribution in [0.2, 0.25) is 0 Å². The maximum absolute atomic E-state index is 10.7. The van der Waals surface area contributed by atoms with Crippen LogP contribution in [0, 0.1) is 0 Å². The number of amides is 1. The number of carbonyl (C=O) groups is 1. The third-order valence-electron chi connectivity index (χ3n) is 0.986. The van der Waals surface area contributed by atoms with Crippen molar-refractivity contribution in [3.05, 3.63) is 24.0 Å². The van der Waals surface area contributed by atoms with E-state index in [1.807, 2.05) is 0 Å². The highest BCUT2D eigenvalue weighted by Crippen LogP contribution is 1.95. The highest BCUT2D eigenvalue weighted by molar-refractivity contribution is 7.62. The molecule has 11 heavy (non-hydrogen) atoms. The van der Waals surface area contributed by atoms with E-state index < -0.39 is 16.4 Å². The number of carbonyl (C=O) groups excluding carboxylic acids is 1. The van der Waals surface area contributed by atoms with E-state index in [1.54, 1.807) is 6.07 Å². The van der Waals surface area contributed by atoms with E-state index in [1.165, 1.54) is 12.3 Å². The van der Waals surface area contributed by atoms with Gasteiger partial charge in [-0.3, -0.25) is 4.79 Å². The van der Waals surface area contributed by atoms with Crippen molar-refractivity contribution in [2.24, 2.45) is 4.36 Å². The Morgan fingerprint density at radius 3 is 2.73 bits per heavy atom. The molecule has 0 fully saturated rings. The summed E-state index contributed by atoms with van der Waals surface area (Å²) in [5, 5.41) is 0. The standard InChI is InChI=1S/C5H4N2O3S/c8-5(7-11(9)10)4-2-1-3-6-4/h1-3,6H. The molecule has 0 radical (unpaired) electrons. The molecular weight excluding hydrogens is 168 g/mol. The molecule has 5 nitrogen and oxygen atoms in total. The van der Waals surface area contributed by atoms with Crippen LogP contribution in [0.15, 0.2) is 22.7 Å². The fraction of sp³-hybridized carbons (Fsp3) is 0. The Labute approximate surface area is 63.8 Å². The molecule has 1 rings (SSSR count). The van der Waals surface area contributed by atoms with Crippen molar-refractivity contribution >= 4 is 16.4 Å². The normalized spacial score (nSPS) is 9.09. The molecule has 0 saturated heterocycles. The average Bonchev–Trinajstić information content (AvgIpc) is 2.35. The van der Waals surface area contributed by atoms with Crippen molar-refractivity contribution in [3.63, 3.8) is 0 Å². The molecule has 0 bridgehead atoms. The molecule has 0 aromatic carbocycles. The Hall–Kier alpha value is -1.43. The lowest BCUT2D eigenvalue weighted by Crippen LogP contribution is -1.93. The molecule has 6 heteroatoms. The van der Waals surface area contributed by atoms with E-state index in [-0.39, 0.29) is 5.69 Å². The first-order valence-electron chi connectivity index (χ1n) is 2.69. The average molecular weight is 172 g/mol. The second-order valence-corrected chi connectivity index (χ2v) is 2.31. The van der Waals surface area contributed by atoms with Gasteiger partial charge in [-0.1, -0.05) is 4.36 Å². The smallest absolute Gasteiger partial charge is 0.319 e. The zero-order valence-corrected chi connectivity index (χ0v) is 6.13. The van der Waals surface area contributed by atoms with Gasteiger partial charge < -0.3 is 4.98 Å². The van der Waals surface area contributed by atoms with Crippen LogP contribution in [0.5, 0.6) is 0 Å². The van der Waals surface area contributed by atoms with Gasteiger partial charge in [0.05, 0.1) is 0 Å². The van der Waals surface area contributed by atoms with E-state index in [0.29, 0.717) is 0 Å². The van der Waals surface area contributed by atoms with Crippen LogP contribution < -0.4 is 0 Å². The van der Waals surface area contributed by atoms with Gasteiger partial charge in [-0.25, -0.2) is 0 Å². The van der Waals surface area contributed by atoms with Crippen molar-refractivity contribution in [1.82, 2.24) is 4.98 Å². The summed E-state index contributed by atoms with van der Waals surface area (Å²) in [5.74, 6) is -0.789. The molecule has 0 saturated carbocycles. The Kier molecular flexibility index (Phi) is 2.17. The van der Waals surface area contributed by atoms with E-state index >= 15 is 0 Å². The van der Waals surface area contributed by atoms with Crippen LogP contribution in [0.3, 0.4) is 0 Å². The molecule has 1 N–H and O–H groups in total. The predicted octanol–water partition coefficient (Wildman–Crippen LogP) is 0.218. The summed E-state index contributed by atoms with van der Waals surface area (Å²) in [6.45, 7) is 0. The molecule has 0 unspecified atom stereocenters. The predicted molar refractivity (Wildman–Crippen MR) is 36.5 cm³/mol. The summed E-state index contributed by atoms with van der Waals surface area (Å²) in [7, 11) is -2.67. The van der Waals surface area contributed by atoms with E-state index in [2.05, 4.69) is 9.35 Å². The summed E-state index contributed by atoms with van der Waals surface area (Å²) in [6.07, 6.45) is 1.51. The number of hydrogen-bond donors (Lipinski definition) is 1. The van der Waals surface area contributed by atoms with Crippen LogP contribution in [0.1, 0.15) is 10.5 Å². The van der Waals surface area contributed by atoms with Gasteiger partial charge in [0.2, 0.25) is 0 Å². The number of aromatic amines is 1. The summed E-state index contributed by atoms with van der Waals surface area (Å²) >= 11 is 0. The summed E-state index contributed by atoms with van der Waals surface area (Å²) in [5.41, 5.74) is 0.161. The Morgan fingerprint density at radius 2 is 2.27 bits per heavy atom. The first kappa shape index (κ1) is 7.67. The minimum atomic E-state index is -2.67. The molecule has 0 aliphatic carbocycles. The van der Waals surface area contributed by atoms with Gasteiger partial charge in [-0.2, -0.15) is 8.42 Å². The Balaban J connectivity index is 2.97. The van der Waals surface area contributed by atoms with Gasteiger partial charge in [0.1, 0.15) is 5.69 Å². The first-order chi connectivity index (χ1) is 5.20. The van der Waals surface area contributed by atoms with Gasteiger partial charge >= 0.3 is 16.4 Å². The zero-order valence-electron chi connectivity index (χ0n) is 5.31. The molecule has 0 aliphatic heterocycles. The molecule has 1 aromatic rings. The van der Waals surface area contributed by atoms with Crippen molar-refractivity contribution in [3.8, 4) is 0 Å². The second-order valence-electron chi connectivity index (χ2n) is 1.70. The van der Waals surface area contributed by atoms with Crippen molar-refractivity contribution in [2.45, 2.75) is 0 Å². The molecule has 1 aromatic heterocycles. The Morgan fingerprint density at radius 1 is 1.55 bits per heavy atom. The largest absolute Gasteiger partial charge is 0.357 e. The maximum atomic E-state index is 10.7. The van der Waals surface area contributed by atoms with Crippen LogP contribution in [-0.2, 0) is 10.5 Å². The third-order valence-corrected chi connectivity index (χ3v) is 1.30. The first-order valence-corrected chi connectivity index (χ1v) is 3.72. The fourth-order valence-electron chi connectivity index (χ4n) is 0.580.